The largest absolute Gasteiger partial charge is 0.508 e. The summed E-state index contributed by atoms with van der Waals surface area (Å²) in [7, 11) is 0. The van der Waals surface area contributed by atoms with E-state index in [0.29, 0.717) is 0 Å². The fourth-order valence-electron chi connectivity index (χ4n) is 0.683. The number of hydrogen-bond acceptors (Lipinski definition) is 5. The number of phenols is 3. The monoisotopic (exact) mass is 155 g/mol. The van der Waals surface area contributed by atoms with Crippen LogP contribution in [0, 0.1) is 4.91 Å². The van der Waals surface area contributed by atoms with Crippen molar-refractivity contribution in [2.24, 2.45) is 5.18 Å². The van der Waals surface area contributed by atoms with Crippen molar-refractivity contribution in [2.75, 3.05) is 0 Å². The second-order valence-electron chi connectivity index (χ2n) is 1.92. The highest BCUT2D eigenvalue weighted by molar-refractivity contribution is 5.63. The first-order valence-electron chi connectivity index (χ1n) is 2.73. The van der Waals surface area contributed by atoms with Crippen molar-refractivity contribution in [3.8, 4) is 17.2 Å². The minimum Gasteiger partial charge on any atom is -0.508 e. The van der Waals surface area contributed by atoms with Crippen LogP contribution in [-0.2, 0) is 0 Å². The zero-order chi connectivity index (χ0) is 8.43. The molecule has 0 heterocycles. The number of rotatable bonds is 1. The van der Waals surface area contributed by atoms with Crippen LogP contribution in [-0.4, -0.2) is 15.3 Å². The SMILES string of the molecule is O=Nc1c(O)cc(O)cc1O. The van der Waals surface area contributed by atoms with E-state index in [9.17, 15) is 4.91 Å². The van der Waals surface area contributed by atoms with E-state index in [1.54, 1.807) is 0 Å². The maximum Gasteiger partial charge on any atom is 0.191 e. The second-order valence-corrected chi connectivity index (χ2v) is 1.92. The van der Waals surface area contributed by atoms with Crippen molar-refractivity contribution < 1.29 is 15.3 Å². The standard InChI is InChI=1S/C6H5NO4/c8-3-1-4(9)6(7-11)5(10)2-3/h1-2,8-10H. The number of benzene rings is 1. The van der Waals surface area contributed by atoms with E-state index in [-0.39, 0.29) is 5.75 Å². The molecule has 5 nitrogen and oxygen atoms in total. The Morgan fingerprint density at radius 1 is 1.09 bits per heavy atom. The highest BCUT2D eigenvalue weighted by atomic mass is 16.3. The highest BCUT2D eigenvalue weighted by Crippen LogP contribution is 2.38. The summed E-state index contributed by atoms with van der Waals surface area (Å²) in [6.45, 7) is 0. The van der Waals surface area contributed by atoms with Crippen molar-refractivity contribution in [3.05, 3.63) is 17.0 Å². The minimum atomic E-state index is -0.544. The Bertz CT molecular complexity index is 274. The molecular formula is C6H5NO4. The quantitative estimate of drug-likeness (QED) is 0.531. The molecule has 0 spiro atoms. The average molecular weight is 155 g/mol. The van der Waals surface area contributed by atoms with Gasteiger partial charge in [0.25, 0.3) is 0 Å². The summed E-state index contributed by atoms with van der Waals surface area (Å²) >= 11 is 0. The molecule has 0 amide bonds. The number of aromatic hydroxyl groups is 3. The molecule has 0 aliphatic carbocycles. The molecule has 0 saturated heterocycles. The lowest BCUT2D eigenvalue weighted by molar-refractivity contribution is 0.430. The number of hydrogen-bond donors (Lipinski definition) is 3. The van der Waals surface area contributed by atoms with E-state index in [2.05, 4.69) is 5.18 Å². The van der Waals surface area contributed by atoms with Gasteiger partial charge in [0.1, 0.15) is 5.75 Å². The number of phenolic OH excluding ortho intramolecular Hbond substituents is 3. The van der Waals surface area contributed by atoms with E-state index in [1.165, 1.54) is 0 Å². The maximum absolute atomic E-state index is 9.91. The molecule has 0 saturated carbocycles. The van der Waals surface area contributed by atoms with E-state index in [4.69, 9.17) is 15.3 Å². The molecule has 3 N–H and O–H groups in total. The van der Waals surface area contributed by atoms with Crippen LogP contribution in [0.5, 0.6) is 17.2 Å². The molecule has 0 aliphatic heterocycles. The molecule has 0 radical (unpaired) electrons. The molecular weight excluding hydrogens is 150 g/mol. The molecule has 11 heavy (non-hydrogen) atoms. The number of nitrogens with zero attached hydrogens (tertiary/aromatic N) is 1. The predicted molar refractivity (Wildman–Crippen MR) is 36.9 cm³/mol. The third-order valence-electron chi connectivity index (χ3n) is 1.15. The lowest BCUT2D eigenvalue weighted by atomic mass is 10.2. The fourth-order valence-corrected chi connectivity index (χ4v) is 0.683. The van der Waals surface area contributed by atoms with Crippen LogP contribution in [0.15, 0.2) is 17.3 Å². The smallest absolute Gasteiger partial charge is 0.191 e. The molecule has 5 heteroatoms. The lowest BCUT2D eigenvalue weighted by Gasteiger charge is -1.98. The van der Waals surface area contributed by atoms with E-state index >= 15 is 0 Å². The van der Waals surface area contributed by atoms with Gasteiger partial charge >= 0.3 is 0 Å². The summed E-state index contributed by atoms with van der Waals surface area (Å²) in [6.07, 6.45) is 0. The average Bonchev–Trinajstić information content (AvgIpc) is 1.85. The van der Waals surface area contributed by atoms with Crippen LogP contribution >= 0.6 is 0 Å². The molecule has 1 rings (SSSR count). The van der Waals surface area contributed by atoms with Crippen molar-refractivity contribution in [1.29, 1.82) is 0 Å². The van der Waals surface area contributed by atoms with Gasteiger partial charge in [0, 0.05) is 12.1 Å². The van der Waals surface area contributed by atoms with Gasteiger partial charge in [-0.25, -0.2) is 0 Å². The molecule has 0 bridgehead atoms. The van der Waals surface area contributed by atoms with Gasteiger partial charge in [0.15, 0.2) is 17.2 Å². The van der Waals surface area contributed by atoms with Gasteiger partial charge in [-0.3, -0.25) is 0 Å². The van der Waals surface area contributed by atoms with Crippen LogP contribution in [0.25, 0.3) is 0 Å². The third kappa shape index (κ3) is 1.21. The first-order valence-corrected chi connectivity index (χ1v) is 2.73. The summed E-state index contributed by atoms with van der Waals surface area (Å²) in [5, 5.41) is 28.8. The van der Waals surface area contributed by atoms with E-state index in [0.717, 1.165) is 12.1 Å². The maximum atomic E-state index is 9.91. The Kier molecular flexibility index (Phi) is 1.63. The Hall–Kier alpha value is -1.78. The molecule has 0 unspecified atom stereocenters. The molecule has 1 aromatic rings. The molecule has 0 aliphatic rings. The topological polar surface area (TPSA) is 90.1 Å². The second kappa shape index (κ2) is 2.45. The van der Waals surface area contributed by atoms with Crippen LogP contribution in [0.4, 0.5) is 5.69 Å². The zero-order valence-electron chi connectivity index (χ0n) is 5.35. The van der Waals surface area contributed by atoms with Gasteiger partial charge in [-0.1, -0.05) is 0 Å². The van der Waals surface area contributed by atoms with Crippen LogP contribution in [0.2, 0.25) is 0 Å². The Morgan fingerprint density at radius 2 is 1.55 bits per heavy atom. The Balaban J connectivity index is 3.36. The lowest BCUT2D eigenvalue weighted by Crippen LogP contribution is -1.70. The Morgan fingerprint density at radius 3 is 1.91 bits per heavy atom. The van der Waals surface area contributed by atoms with Crippen LogP contribution in [0.1, 0.15) is 0 Å². The van der Waals surface area contributed by atoms with Gasteiger partial charge in [-0.2, -0.15) is 0 Å². The van der Waals surface area contributed by atoms with Crippen molar-refractivity contribution in [3.63, 3.8) is 0 Å². The Labute approximate surface area is 61.5 Å². The van der Waals surface area contributed by atoms with E-state index < -0.39 is 17.2 Å². The van der Waals surface area contributed by atoms with Gasteiger partial charge in [-0.05, 0) is 5.18 Å². The molecule has 0 aromatic heterocycles. The van der Waals surface area contributed by atoms with Gasteiger partial charge < -0.3 is 15.3 Å². The van der Waals surface area contributed by atoms with Gasteiger partial charge in [0.05, 0.1) is 0 Å². The molecule has 0 fully saturated rings. The summed E-state index contributed by atoms with van der Waals surface area (Å²) in [6, 6.07) is 1.83. The molecule has 1 aromatic carbocycles. The summed E-state index contributed by atoms with van der Waals surface area (Å²) in [5.41, 5.74) is -0.470. The van der Waals surface area contributed by atoms with Crippen LogP contribution < -0.4 is 0 Å². The highest BCUT2D eigenvalue weighted by Gasteiger charge is 2.08. The van der Waals surface area contributed by atoms with E-state index in [1.807, 2.05) is 0 Å². The first kappa shape index (κ1) is 7.33. The predicted octanol–water partition coefficient (Wildman–Crippen LogP) is 1.20. The number of nitroso groups, excluding NO2 is 1. The van der Waals surface area contributed by atoms with Crippen LogP contribution in [0.3, 0.4) is 0 Å². The van der Waals surface area contributed by atoms with Crippen molar-refractivity contribution in [2.45, 2.75) is 0 Å². The van der Waals surface area contributed by atoms with Crippen molar-refractivity contribution in [1.82, 2.24) is 0 Å². The first-order chi connectivity index (χ1) is 5.15. The summed E-state index contributed by atoms with van der Waals surface area (Å²) < 4.78 is 0. The van der Waals surface area contributed by atoms with Gasteiger partial charge in [-0.15, -0.1) is 4.91 Å². The van der Waals surface area contributed by atoms with Gasteiger partial charge in [0.2, 0.25) is 0 Å². The summed E-state index contributed by atoms with van der Waals surface area (Å²) in [5.74, 6) is -1.41. The van der Waals surface area contributed by atoms with Crippen molar-refractivity contribution >= 4 is 5.69 Å². The minimum absolute atomic E-state index is 0.326. The molecule has 58 valence electrons. The summed E-state index contributed by atoms with van der Waals surface area (Å²) in [4.78, 5) is 9.91. The fraction of sp³-hybridized carbons (Fsp3) is 0. The zero-order valence-corrected chi connectivity index (χ0v) is 5.35. The molecule has 0 atom stereocenters. The third-order valence-corrected chi connectivity index (χ3v) is 1.15. The normalized spacial score (nSPS) is 9.45.